The molecule has 0 aliphatic rings. The van der Waals surface area contributed by atoms with Crippen LogP contribution in [0.2, 0.25) is 0 Å². The maximum Gasteiger partial charge on any atom is 0.332 e. The second-order valence-corrected chi connectivity index (χ2v) is 7.97. The monoisotopic (exact) mass is 266 g/mol. The first kappa shape index (κ1) is 15.4. The zero-order valence-electron chi connectivity index (χ0n) is 12.4. The summed E-state index contributed by atoms with van der Waals surface area (Å²) in [6, 6.07) is 10.7. The topological polar surface area (TPSA) is 18.5 Å². The van der Waals surface area contributed by atoms with Crippen LogP contribution in [0.4, 0.5) is 0 Å². The van der Waals surface area contributed by atoms with Crippen LogP contribution in [0.3, 0.4) is 0 Å². The number of benzene rings is 1. The van der Waals surface area contributed by atoms with Gasteiger partial charge in [0.1, 0.15) is 0 Å². The molecule has 1 rings (SSSR count). The lowest BCUT2D eigenvalue weighted by Gasteiger charge is -2.44. The molecule has 0 radical (unpaired) electrons. The van der Waals surface area contributed by atoms with Crippen LogP contribution >= 0.6 is 0 Å². The van der Waals surface area contributed by atoms with Crippen LogP contribution in [0, 0.1) is 11.8 Å². The molecule has 0 saturated carbocycles. The summed E-state index contributed by atoms with van der Waals surface area (Å²) in [4.78, 5) is 0. The average molecular weight is 266 g/mol. The molecule has 0 aliphatic carbocycles. The Balaban J connectivity index is 3.40. The van der Waals surface area contributed by atoms with E-state index in [0.717, 1.165) is 0 Å². The van der Waals surface area contributed by atoms with Crippen molar-refractivity contribution in [2.45, 2.75) is 32.7 Å². The predicted molar refractivity (Wildman–Crippen MR) is 79.0 cm³/mol. The number of hydrogen-bond acceptors (Lipinski definition) is 2. The third-order valence-electron chi connectivity index (χ3n) is 4.00. The van der Waals surface area contributed by atoms with Gasteiger partial charge in [-0.3, -0.25) is 0 Å². The lowest BCUT2D eigenvalue weighted by Crippen LogP contribution is -2.54. The molecule has 0 aliphatic heterocycles. The van der Waals surface area contributed by atoms with E-state index in [1.54, 1.807) is 14.2 Å². The van der Waals surface area contributed by atoms with Crippen LogP contribution in [-0.4, -0.2) is 23.5 Å². The molecule has 1 aromatic rings. The quantitative estimate of drug-likeness (QED) is 0.736. The van der Waals surface area contributed by atoms with E-state index in [1.807, 2.05) is 0 Å². The van der Waals surface area contributed by atoms with Crippen molar-refractivity contribution in [3.63, 3.8) is 0 Å². The van der Waals surface area contributed by atoms with Gasteiger partial charge in [-0.2, -0.15) is 0 Å². The van der Waals surface area contributed by atoms with E-state index >= 15 is 0 Å². The van der Waals surface area contributed by atoms with Gasteiger partial charge >= 0.3 is 9.28 Å². The molecule has 0 heterocycles. The average Bonchev–Trinajstić information content (AvgIpc) is 2.35. The van der Waals surface area contributed by atoms with Crippen LogP contribution in [0.15, 0.2) is 30.3 Å². The van der Waals surface area contributed by atoms with Gasteiger partial charge in [0.25, 0.3) is 0 Å². The zero-order chi connectivity index (χ0) is 13.8. The second kappa shape index (κ2) is 6.50. The van der Waals surface area contributed by atoms with Gasteiger partial charge in [-0.1, -0.05) is 58.0 Å². The Labute approximate surface area is 113 Å². The van der Waals surface area contributed by atoms with Crippen molar-refractivity contribution >= 4 is 9.28 Å². The Kier molecular flexibility index (Phi) is 5.57. The summed E-state index contributed by atoms with van der Waals surface area (Å²) in [5.41, 5.74) is 1.34. The molecule has 0 aromatic heterocycles. The van der Waals surface area contributed by atoms with Gasteiger partial charge in [0.05, 0.1) is 0 Å². The standard InChI is InChI=1S/C15H26O2Si/c1-12(2)15(13(3)4,18(16-5)17-6)14-10-8-7-9-11-14/h7-13,18H,1-6H3. The van der Waals surface area contributed by atoms with Gasteiger partial charge in [0.2, 0.25) is 0 Å². The third kappa shape index (κ3) is 2.53. The smallest absolute Gasteiger partial charge is 0.332 e. The molecule has 102 valence electrons. The molecule has 0 N–H and O–H groups in total. The predicted octanol–water partition coefficient (Wildman–Crippen LogP) is 3.29. The van der Waals surface area contributed by atoms with Crippen molar-refractivity contribution in [3.05, 3.63) is 35.9 Å². The normalized spacial score (nSPS) is 12.7. The fourth-order valence-electron chi connectivity index (χ4n) is 3.23. The molecule has 0 saturated heterocycles. The van der Waals surface area contributed by atoms with Crippen LogP contribution in [0.25, 0.3) is 0 Å². The maximum absolute atomic E-state index is 5.76. The van der Waals surface area contributed by atoms with E-state index in [-0.39, 0.29) is 5.04 Å². The van der Waals surface area contributed by atoms with Gasteiger partial charge in [-0.25, -0.2) is 0 Å². The summed E-state index contributed by atoms with van der Waals surface area (Å²) in [6.45, 7) is 9.08. The van der Waals surface area contributed by atoms with Crippen molar-refractivity contribution < 1.29 is 8.85 Å². The van der Waals surface area contributed by atoms with Gasteiger partial charge in [0, 0.05) is 19.3 Å². The lowest BCUT2D eigenvalue weighted by molar-refractivity contribution is 0.185. The molecule has 0 unspecified atom stereocenters. The number of rotatable bonds is 6. The minimum absolute atomic E-state index is 0.00472. The summed E-state index contributed by atoms with van der Waals surface area (Å²) in [6.07, 6.45) is 0. The number of hydrogen-bond donors (Lipinski definition) is 0. The van der Waals surface area contributed by atoms with Gasteiger partial charge in [-0.05, 0) is 17.4 Å². The van der Waals surface area contributed by atoms with Crippen LogP contribution in [-0.2, 0) is 13.9 Å². The van der Waals surface area contributed by atoms with E-state index in [9.17, 15) is 0 Å². The van der Waals surface area contributed by atoms with Crippen LogP contribution in [0.5, 0.6) is 0 Å². The molecular weight excluding hydrogens is 240 g/mol. The van der Waals surface area contributed by atoms with Crippen molar-refractivity contribution in [1.82, 2.24) is 0 Å². The summed E-state index contributed by atoms with van der Waals surface area (Å²) in [5.74, 6) is 0.966. The Morgan fingerprint density at radius 1 is 0.889 bits per heavy atom. The van der Waals surface area contributed by atoms with E-state index in [1.165, 1.54) is 5.56 Å². The zero-order valence-corrected chi connectivity index (χ0v) is 13.6. The summed E-state index contributed by atoms with van der Waals surface area (Å²) in [5, 5.41) is 0.00472. The minimum atomic E-state index is -1.79. The molecule has 2 nitrogen and oxygen atoms in total. The Morgan fingerprint density at radius 3 is 1.67 bits per heavy atom. The summed E-state index contributed by atoms with van der Waals surface area (Å²) < 4.78 is 11.5. The second-order valence-electron chi connectivity index (χ2n) is 5.41. The Hall–Kier alpha value is -0.643. The highest BCUT2D eigenvalue weighted by atomic mass is 28.3. The van der Waals surface area contributed by atoms with Crippen molar-refractivity contribution in [2.24, 2.45) is 11.8 Å². The minimum Gasteiger partial charge on any atom is -0.399 e. The molecule has 0 amide bonds. The fraction of sp³-hybridized carbons (Fsp3) is 0.600. The highest BCUT2D eigenvalue weighted by molar-refractivity contribution is 6.49. The highest BCUT2D eigenvalue weighted by Gasteiger charge is 2.48. The van der Waals surface area contributed by atoms with Crippen molar-refractivity contribution in [2.75, 3.05) is 14.2 Å². The first-order chi connectivity index (χ1) is 8.51. The molecule has 0 bridgehead atoms. The summed E-state index contributed by atoms with van der Waals surface area (Å²) >= 11 is 0. The SMILES string of the molecule is CO[SiH](OC)C(c1ccccc1)(C(C)C)C(C)C. The molecule has 1 aromatic carbocycles. The highest BCUT2D eigenvalue weighted by Crippen LogP contribution is 2.42. The molecule has 0 fully saturated rings. The van der Waals surface area contributed by atoms with E-state index in [4.69, 9.17) is 8.85 Å². The fourth-order valence-corrected chi connectivity index (χ4v) is 5.75. The summed E-state index contributed by atoms with van der Waals surface area (Å²) in [7, 11) is 1.78. The van der Waals surface area contributed by atoms with Gasteiger partial charge < -0.3 is 8.85 Å². The van der Waals surface area contributed by atoms with Gasteiger partial charge in [0.15, 0.2) is 0 Å². The van der Waals surface area contributed by atoms with Crippen LogP contribution < -0.4 is 0 Å². The first-order valence-corrected chi connectivity index (χ1v) is 8.14. The Morgan fingerprint density at radius 2 is 1.33 bits per heavy atom. The van der Waals surface area contributed by atoms with E-state index < -0.39 is 9.28 Å². The van der Waals surface area contributed by atoms with Crippen molar-refractivity contribution in [3.8, 4) is 0 Å². The molecular formula is C15H26O2Si. The maximum atomic E-state index is 5.76. The third-order valence-corrected chi connectivity index (χ3v) is 7.31. The molecule has 18 heavy (non-hydrogen) atoms. The molecule has 0 spiro atoms. The largest absolute Gasteiger partial charge is 0.399 e. The van der Waals surface area contributed by atoms with E-state index in [2.05, 4.69) is 58.0 Å². The first-order valence-electron chi connectivity index (χ1n) is 6.62. The lowest BCUT2D eigenvalue weighted by atomic mass is 9.78. The van der Waals surface area contributed by atoms with Crippen molar-refractivity contribution in [1.29, 1.82) is 0 Å². The van der Waals surface area contributed by atoms with Gasteiger partial charge in [-0.15, -0.1) is 0 Å². The van der Waals surface area contributed by atoms with Crippen LogP contribution in [0.1, 0.15) is 33.3 Å². The molecule has 0 atom stereocenters. The Bertz CT molecular complexity index is 337. The molecule has 3 heteroatoms. The van der Waals surface area contributed by atoms with E-state index in [0.29, 0.717) is 11.8 Å².